The van der Waals surface area contributed by atoms with Gasteiger partial charge in [-0.1, -0.05) is 27.7 Å². The van der Waals surface area contributed by atoms with E-state index >= 15 is 0 Å². The smallest absolute Gasteiger partial charge is 0.0829 e. The van der Waals surface area contributed by atoms with Crippen molar-refractivity contribution in [1.29, 1.82) is 0 Å². The van der Waals surface area contributed by atoms with E-state index in [0.717, 1.165) is 25.2 Å². The SMILES string of the molecule is COC1(C(N)CCC(C)C)CCC(C)(C)CC1. The molecule has 102 valence electrons. The predicted molar refractivity (Wildman–Crippen MR) is 74.0 cm³/mol. The van der Waals surface area contributed by atoms with E-state index in [2.05, 4.69) is 27.7 Å². The Labute approximate surface area is 107 Å². The summed E-state index contributed by atoms with van der Waals surface area (Å²) >= 11 is 0. The summed E-state index contributed by atoms with van der Waals surface area (Å²) < 4.78 is 5.84. The van der Waals surface area contributed by atoms with Crippen LogP contribution in [0.5, 0.6) is 0 Å². The topological polar surface area (TPSA) is 35.2 Å². The summed E-state index contributed by atoms with van der Waals surface area (Å²) in [5.74, 6) is 0.731. The summed E-state index contributed by atoms with van der Waals surface area (Å²) in [7, 11) is 1.84. The maximum Gasteiger partial charge on any atom is 0.0829 e. The summed E-state index contributed by atoms with van der Waals surface area (Å²) in [4.78, 5) is 0. The third-order valence-electron chi connectivity index (χ3n) is 4.59. The summed E-state index contributed by atoms with van der Waals surface area (Å²) in [5.41, 5.74) is 6.83. The number of methoxy groups -OCH3 is 1. The van der Waals surface area contributed by atoms with Gasteiger partial charge in [0.1, 0.15) is 0 Å². The third kappa shape index (κ3) is 3.96. The highest BCUT2D eigenvalue weighted by Crippen LogP contribution is 2.43. The number of hydrogen-bond donors (Lipinski definition) is 1. The van der Waals surface area contributed by atoms with E-state index in [1.54, 1.807) is 0 Å². The highest BCUT2D eigenvalue weighted by Gasteiger charge is 2.42. The maximum atomic E-state index is 6.41. The zero-order chi connectivity index (χ0) is 13.1. The molecule has 0 radical (unpaired) electrons. The molecule has 0 amide bonds. The molecule has 1 atom stereocenters. The van der Waals surface area contributed by atoms with Crippen LogP contribution in [0.2, 0.25) is 0 Å². The van der Waals surface area contributed by atoms with E-state index in [-0.39, 0.29) is 11.6 Å². The van der Waals surface area contributed by atoms with Gasteiger partial charge in [0.25, 0.3) is 0 Å². The molecule has 0 spiro atoms. The molecular formula is C15H31NO. The first-order valence-corrected chi connectivity index (χ1v) is 7.12. The molecule has 0 saturated heterocycles. The fourth-order valence-corrected chi connectivity index (χ4v) is 2.85. The first-order valence-electron chi connectivity index (χ1n) is 7.12. The molecule has 2 N–H and O–H groups in total. The first-order chi connectivity index (χ1) is 7.81. The molecule has 1 fully saturated rings. The van der Waals surface area contributed by atoms with Crippen molar-refractivity contribution in [2.75, 3.05) is 7.11 Å². The Balaban J connectivity index is 2.57. The minimum absolute atomic E-state index is 0.0512. The van der Waals surface area contributed by atoms with Crippen LogP contribution in [0.1, 0.15) is 66.2 Å². The van der Waals surface area contributed by atoms with E-state index in [1.807, 2.05) is 7.11 Å². The summed E-state index contributed by atoms with van der Waals surface area (Å²) in [6, 6.07) is 0.200. The van der Waals surface area contributed by atoms with Crippen molar-refractivity contribution in [3.05, 3.63) is 0 Å². The Morgan fingerprint density at radius 3 is 2.00 bits per heavy atom. The van der Waals surface area contributed by atoms with Crippen molar-refractivity contribution in [2.45, 2.75) is 77.9 Å². The second-order valence-electron chi connectivity index (χ2n) is 7.01. The van der Waals surface area contributed by atoms with E-state index in [9.17, 15) is 0 Å². The van der Waals surface area contributed by atoms with Crippen molar-refractivity contribution in [3.63, 3.8) is 0 Å². The fraction of sp³-hybridized carbons (Fsp3) is 1.00. The normalized spacial score (nSPS) is 24.9. The second-order valence-corrected chi connectivity index (χ2v) is 7.01. The molecule has 0 aromatic heterocycles. The van der Waals surface area contributed by atoms with Crippen LogP contribution < -0.4 is 5.73 Å². The molecule has 1 aliphatic carbocycles. The van der Waals surface area contributed by atoms with Gasteiger partial charge in [-0.15, -0.1) is 0 Å². The maximum absolute atomic E-state index is 6.41. The van der Waals surface area contributed by atoms with Crippen molar-refractivity contribution in [1.82, 2.24) is 0 Å². The predicted octanol–water partition coefficient (Wildman–Crippen LogP) is 3.74. The lowest BCUT2D eigenvalue weighted by Crippen LogP contribution is -2.52. The minimum Gasteiger partial charge on any atom is -0.377 e. The molecule has 2 nitrogen and oxygen atoms in total. The quantitative estimate of drug-likeness (QED) is 0.796. The van der Waals surface area contributed by atoms with Crippen LogP contribution in [0.25, 0.3) is 0 Å². The Kier molecular flexibility index (Phi) is 5.03. The molecule has 0 aromatic carbocycles. The Hall–Kier alpha value is -0.0800. The van der Waals surface area contributed by atoms with Crippen LogP contribution in [0.15, 0.2) is 0 Å². The van der Waals surface area contributed by atoms with Gasteiger partial charge in [0, 0.05) is 13.2 Å². The lowest BCUT2D eigenvalue weighted by molar-refractivity contribution is -0.0804. The van der Waals surface area contributed by atoms with Gasteiger partial charge in [0.2, 0.25) is 0 Å². The van der Waals surface area contributed by atoms with E-state index in [4.69, 9.17) is 10.5 Å². The van der Waals surface area contributed by atoms with Crippen LogP contribution in [0.3, 0.4) is 0 Å². The molecule has 1 rings (SSSR count). The van der Waals surface area contributed by atoms with Crippen LogP contribution in [-0.4, -0.2) is 18.8 Å². The zero-order valence-electron chi connectivity index (χ0n) is 12.4. The summed E-state index contributed by atoms with van der Waals surface area (Å²) in [5, 5.41) is 0. The van der Waals surface area contributed by atoms with Crippen LogP contribution >= 0.6 is 0 Å². The molecule has 1 saturated carbocycles. The van der Waals surface area contributed by atoms with Gasteiger partial charge in [-0.3, -0.25) is 0 Å². The summed E-state index contributed by atoms with van der Waals surface area (Å²) in [6.07, 6.45) is 7.00. The molecule has 1 aliphatic rings. The molecule has 2 heteroatoms. The molecule has 0 heterocycles. The summed E-state index contributed by atoms with van der Waals surface area (Å²) in [6.45, 7) is 9.23. The number of rotatable bonds is 5. The average Bonchev–Trinajstić information content (AvgIpc) is 2.26. The van der Waals surface area contributed by atoms with Crippen molar-refractivity contribution in [3.8, 4) is 0 Å². The van der Waals surface area contributed by atoms with Crippen LogP contribution in [-0.2, 0) is 4.74 Å². The average molecular weight is 241 g/mol. The number of ether oxygens (including phenoxy) is 1. The molecule has 0 bridgehead atoms. The van der Waals surface area contributed by atoms with E-state index < -0.39 is 0 Å². The standard InChI is InChI=1S/C15H31NO/c1-12(2)6-7-13(16)15(17-5)10-8-14(3,4)9-11-15/h12-13H,6-11,16H2,1-5H3. The molecule has 17 heavy (non-hydrogen) atoms. The fourth-order valence-electron chi connectivity index (χ4n) is 2.85. The van der Waals surface area contributed by atoms with Crippen molar-refractivity contribution >= 4 is 0 Å². The van der Waals surface area contributed by atoms with E-state index in [1.165, 1.54) is 19.3 Å². The molecule has 0 aliphatic heterocycles. The number of nitrogens with two attached hydrogens (primary N) is 1. The first kappa shape index (κ1) is 15.0. The van der Waals surface area contributed by atoms with Gasteiger partial charge < -0.3 is 10.5 Å². The Morgan fingerprint density at radius 2 is 1.59 bits per heavy atom. The highest BCUT2D eigenvalue weighted by molar-refractivity contribution is 4.97. The van der Waals surface area contributed by atoms with Crippen LogP contribution in [0, 0.1) is 11.3 Å². The van der Waals surface area contributed by atoms with E-state index in [0.29, 0.717) is 5.41 Å². The van der Waals surface area contributed by atoms with Gasteiger partial charge >= 0.3 is 0 Å². The van der Waals surface area contributed by atoms with Gasteiger partial charge in [-0.2, -0.15) is 0 Å². The number of hydrogen-bond acceptors (Lipinski definition) is 2. The molecule has 0 aromatic rings. The van der Waals surface area contributed by atoms with Gasteiger partial charge in [0.15, 0.2) is 0 Å². The largest absolute Gasteiger partial charge is 0.377 e. The van der Waals surface area contributed by atoms with Gasteiger partial charge in [-0.05, 0) is 49.9 Å². The third-order valence-corrected chi connectivity index (χ3v) is 4.59. The Morgan fingerprint density at radius 1 is 1.06 bits per heavy atom. The lowest BCUT2D eigenvalue weighted by atomic mass is 9.68. The zero-order valence-corrected chi connectivity index (χ0v) is 12.4. The lowest BCUT2D eigenvalue weighted by Gasteiger charge is -2.46. The molecule has 1 unspecified atom stereocenters. The second kappa shape index (κ2) is 5.71. The van der Waals surface area contributed by atoms with Crippen molar-refractivity contribution < 1.29 is 4.74 Å². The van der Waals surface area contributed by atoms with Gasteiger partial charge in [0.05, 0.1) is 5.60 Å². The van der Waals surface area contributed by atoms with Crippen LogP contribution in [0.4, 0.5) is 0 Å². The monoisotopic (exact) mass is 241 g/mol. The molecular weight excluding hydrogens is 210 g/mol. The Bertz CT molecular complexity index is 225. The van der Waals surface area contributed by atoms with Crippen molar-refractivity contribution in [2.24, 2.45) is 17.1 Å². The highest BCUT2D eigenvalue weighted by atomic mass is 16.5. The van der Waals surface area contributed by atoms with Gasteiger partial charge in [-0.25, -0.2) is 0 Å². The minimum atomic E-state index is -0.0512.